The molecule has 1 amide bonds. The largest absolute Gasteiger partial charge is 0.322 e. The summed E-state index contributed by atoms with van der Waals surface area (Å²) in [6.07, 6.45) is 0. The molecule has 0 bridgehead atoms. The smallest absolute Gasteiger partial charge is 0.238 e. The summed E-state index contributed by atoms with van der Waals surface area (Å²) >= 11 is 15.0. The second-order valence-corrected chi connectivity index (χ2v) is 5.79. The summed E-state index contributed by atoms with van der Waals surface area (Å²) in [7, 11) is 0. The number of aryl methyl sites for hydroxylation is 1. The fraction of sp³-hybridized carbons (Fsp3) is 0.455. The average molecular weight is 340 g/mol. The minimum Gasteiger partial charge on any atom is -0.322 e. The van der Waals surface area contributed by atoms with Gasteiger partial charge in [0.05, 0.1) is 10.5 Å². The van der Waals surface area contributed by atoms with Crippen molar-refractivity contribution in [1.82, 2.24) is 4.98 Å². The summed E-state index contributed by atoms with van der Waals surface area (Å²) in [5.41, 5.74) is 1.29. The quantitative estimate of drug-likeness (QED) is 0.666. The topological polar surface area (TPSA) is 42.0 Å². The molecule has 1 heterocycles. The maximum absolute atomic E-state index is 11.9. The van der Waals surface area contributed by atoms with Crippen LogP contribution in [0.4, 0.5) is 5.69 Å². The van der Waals surface area contributed by atoms with E-state index in [1.54, 1.807) is 6.07 Å². The number of carbonyl (C=O) groups excluding carboxylic acids is 1. The Morgan fingerprint density at radius 2 is 2.06 bits per heavy atom. The third-order valence-corrected chi connectivity index (χ3v) is 4.17. The molecule has 1 atom stereocenters. The maximum atomic E-state index is 11.9. The van der Waals surface area contributed by atoms with E-state index in [1.165, 1.54) is 0 Å². The van der Waals surface area contributed by atoms with Crippen LogP contribution in [0.1, 0.15) is 19.4 Å². The Bertz CT molecular complexity index is 414. The number of anilines is 1. The highest BCUT2D eigenvalue weighted by Gasteiger charge is 2.20. The summed E-state index contributed by atoms with van der Waals surface area (Å²) in [6.45, 7) is 5.72. The number of nitrogens with one attached hydrogen (secondary N) is 1. The van der Waals surface area contributed by atoms with Crippen molar-refractivity contribution >= 4 is 50.7 Å². The van der Waals surface area contributed by atoms with Crippen LogP contribution in [0.2, 0.25) is 10.3 Å². The zero-order valence-electron chi connectivity index (χ0n) is 9.72. The molecule has 0 radical (unpaired) electrons. The van der Waals surface area contributed by atoms with Crippen molar-refractivity contribution in [3.63, 3.8) is 0 Å². The van der Waals surface area contributed by atoms with E-state index in [0.717, 1.165) is 5.56 Å². The van der Waals surface area contributed by atoms with E-state index in [1.807, 2.05) is 20.8 Å². The molecule has 0 aromatic carbocycles. The molecular formula is C11H13BrCl2N2O. The predicted octanol–water partition coefficient (Wildman–Crippen LogP) is 4.05. The zero-order valence-corrected chi connectivity index (χ0v) is 12.8. The number of aromatic nitrogens is 1. The predicted molar refractivity (Wildman–Crippen MR) is 75.2 cm³/mol. The van der Waals surface area contributed by atoms with Gasteiger partial charge in [-0.25, -0.2) is 4.98 Å². The lowest BCUT2D eigenvalue weighted by Crippen LogP contribution is -2.27. The van der Waals surface area contributed by atoms with Gasteiger partial charge in [-0.05, 0) is 24.5 Å². The molecule has 94 valence electrons. The zero-order chi connectivity index (χ0) is 13.2. The van der Waals surface area contributed by atoms with Gasteiger partial charge in [-0.3, -0.25) is 4.79 Å². The molecule has 0 saturated carbocycles. The molecule has 17 heavy (non-hydrogen) atoms. The van der Waals surface area contributed by atoms with E-state index >= 15 is 0 Å². The number of rotatable bonds is 3. The molecule has 1 N–H and O–H groups in total. The molecule has 0 spiro atoms. The van der Waals surface area contributed by atoms with Crippen molar-refractivity contribution in [3.05, 3.63) is 21.9 Å². The molecule has 3 nitrogen and oxygen atoms in total. The van der Waals surface area contributed by atoms with Gasteiger partial charge in [-0.1, -0.05) is 53.0 Å². The number of amides is 1. The number of carbonyl (C=O) groups is 1. The molecule has 1 aromatic heterocycles. The third-order valence-electron chi connectivity index (χ3n) is 2.23. The van der Waals surface area contributed by atoms with Gasteiger partial charge >= 0.3 is 0 Å². The summed E-state index contributed by atoms with van der Waals surface area (Å²) in [5.74, 6) is 0.0449. The highest BCUT2D eigenvalue weighted by atomic mass is 79.9. The van der Waals surface area contributed by atoms with Crippen molar-refractivity contribution in [1.29, 1.82) is 0 Å². The van der Waals surface area contributed by atoms with Crippen LogP contribution in [0.15, 0.2) is 6.07 Å². The van der Waals surface area contributed by atoms with Crippen LogP contribution >= 0.6 is 39.1 Å². The Hall–Kier alpha value is -0.320. The molecule has 0 aliphatic rings. The van der Waals surface area contributed by atoms with Crippen molar-refractivity contribution in [2.45, 2.75) is 25.6 Å². The second kappa shape index (κ2) is 6.03. The fourth-order valence-corrected chi connectivity index (χ4v) is 1.93. The van der Waals surface area contributed by atoms with E-state index in [-0.39, 0.29) is 21.8 Å². The molecule has 1 unspecified atom stereocenters. The van der Waals surface area contributed by atoms with Crippen LogP contribution in [0.5, 0.6) is 0 Å². The van der Waals surface area contributed by atoms with Gasteiger partial charge in [0.2, 0.25) is 5.91 Å². The number of halogens is 3. The van der Waals surface area contributed by atoms with Crippen LogP contribution in [0.25, 0.3) is 0 Å². The number of hydrogen-bond donors (Lipinski definition) is 1. The van der Waals surface area contributed by atoms with Gasteiger partial charge in [0.25, 0.3) is 0 Å². The maximum Gasteiger partial charge on any atom is 0.238 e. The van der Waals surface area contributed by atoms with E-state index in [4.69, 9.17) is 23.2 Å². The molecular weight excluding hydrogens is 327 g/mol. The first-order chi connectivity index (χ1) is 7.82. The Labute approximate surface area is 119 Å². The van der Waals surface area contributed by atoms with E-state index < -0.39 is 0 Å². The van der Waals surface area contributed by atoms with Gasteiger partial charge in [-0.15, -0.1) is 0 Å². The Balaban J connectivity index is 2.93. The van der Waals surface area contributed by atoms with Crippen LogP contribution < -0.4 is 5.32 Å². The molecule has 0 aliphatic carbocycles. The summed E-state index contributed by atoms with van der Waals surface area (Å²) in [4.78, 5) is 15.5. The van der Waals surface area contributed by atoms with Gasteiger partial charge in [0, 0.05) is 0 Å². The first-order valence-corrected chi connectivity index (χ1v) is 6.77. The summed E-state index contributed by atoms with van der Waals surface area (Å²) in [5, 5.41) is 3.26. The Morgan fingerprint density at radius 3 is 2.53 bits per heavy atom. The lowest BCUT2D eigenvalue weighted by atomic mass is 10.1. The van der Waals surface area contributed by atoms with Gasteiger partial charge in [-0.2, -0.15) is 0 Å². The van der Waals surface area contributed by atoms with Crippen molar-refractivity contribution < 1.29 is 4.79 Å². The molecule has 1 rings (SSSR count). The lowest BCUT2D eigenvalue weighted by molar-refractivity contribution is -0.116. The molecule has 0 fully saturated rings. The highest BCUT2D eigenvalue weighted by molar-refractivity contribution is 9.10. The first-order valence-electron chi connectivity index (χ1n) is 5.10. The Kier molecular flexibility index (Phi) is 5.22. The highest BCUT2D eigenvalue weighted by Crippen LogP contribution is 2.27. The average Bonchev–Trinajstić information content (AvgIpc) is 2.21. The first kappa shape index (κ1) is 14.7. The van der Waals surface area contributed by atoms with Gasteiger partial charge < -0.3 is 5.32 Å². The molecule has 0 saturated heterocycles. The summed E-state index contributed by atoms with van der Waals surface area (Å²) < 4.78 is 0. The van der Waals surface area contributed by atoms with Gasteiger partial charge in [0.1, 0.15) is 5.15 Å². The lowest BCUT2D eigenvalue weighted by Gasteiger charge is -2.15. The fourth-order valence-electron chi connectivity index (χ4n) is 1.24. The number of alkyl halides is 1. The summed E-state index contributed by atoms with van der Waals surface area (Å²) in [6, 6.07) is 1.65. The minimum absolute atomic E-state index is 0.144. The molecule has 1 aromatic rings. The minimum atomic E-state index is -0.270. The Morgan fingerprint density at radius 1 is 1.47 bits per heavy atom. The number of nitrogens with zero attached hydrogens (tertiary/aromatic N) is 1. The SMILES string of the molecule is Cc1cc(Cl)nc(Cl)c1NC(=O)C(Br)C(C)C. The van der Waals surface area contributed by atoms with Crippen LogP contribution in [-0.4, -0.2) is 15.7 Å². The third kappa shape index (κ3) is 3.83. The van der Waals surface area contributed by atoms with Crippen LogP contribution in [-0.2, 0) is 4.79 Å². The molecule has 0 aliphatic heterocycles. The van der Waals surface area contributed by atoms with Crippen molar-refractivity contribution in [3.8, 4) is 0 Å². The monoisotopic (exact) mass is 338 g/mol. The number of hydrogen-bond acceptors (Lipinski definition) is 2. The standard InChI is InChI=1S/C11H13BrCl2N2O/c1-5(2)8(12)11(17)16-9-6(3)4-7(13)15-10(9)14/h4-5,8H,1-3H3,(H,16,17). The van der Waals surface area contributed by atoms with Crippen molar-refractivity contribution in [2.75, 3.05) is 5.32 Å². The van der Waals surface area contributed by atoms with Crippen LogP contribution in [0, 0.1) is 12.8 Å². The van der Waals surface area contributed by atoms with E-state index in [2.05, 4.69) is 26.2 Å². The van der Waals surface area contributed by atoms with Crippen molar-refractivity contribution in [2.24, 2.45) is 5.92 Å². The van der Waals surface area contributed by atoms with Crippen LogP contribution in [0.3, 0.4) is 0 Å². The molecule has 6 heteroatoms. The second-order valence-electron chi connectivity index (χ2n) is 4.06. The van der Waals surface area contributed by atoms with Gasteiger partial charge in [0.15, 0.2) is 5.15 Å². The van der Waals surface area contributed by atoms with E-state index in [0.29, 0.717) is 10.8 Å². The van der Waals surface area contributed by atoms with E-state index in [9.17, 15) is 4.79 Å². The number of pyridine rings is 1. The normalized spacial score (nSPS) is 12.6.